The molecule has 1 atom stereocenters. The number of hydrogen-bond acceptors (Lipinski definition) is 0. The number of unbranched alkanes of at least 4 members (excludes halogenated alkanes) is 3. The molecule has 3 rings (SSSR count). The summed E-state index contributed by atoms with van der Waals surface area (Å²) in [5, 5.41) is 0. The van der Waals surface area contributed by atoms with E-state index in [0.717, 1.165) is 0 Å². The Morgan fingerprint density at radius 1 is 1.05 bits per heavy atom. The molecule has 113 valence electrons. The fraction of sp³-hybridized carbons (Fsp3) is 0.600. The van der Waals surface area contributed by atoms with Gasteiger partial charge in [-0.25, -0.2) is 0 Å². The van der Waals surface area contributed by atoms with E-state index in [1.54, 1.807) is 22.3 Å². The molecule has 2 aliphatic carbocycles. The van der Waals surface area contributed by atoms with Gasteiger partial charge in [0.2, 0.25) is 0 Å². The maximum absolute atomic E-state index is 2.63. The van der Waals surface area contributed by atoms with Crippen molar-refractivity contribution in [1.29, 1.82) is 0 Å². The number of fused-ring (bicyclic) bond motifs is 2. The number of hydrogen-bond donors (Lipinski definition) is 0. The molecule has 21 heavy (non-hydrogen) atoms. The van der Waals surface area contributed by atoms with Crippen molar-refractivity contribution in [3.8, 4) is 0 Å². The summed E-state index contributed by atoms with van der Waals surface area (Å²) in [6.07, 6.45) is 16.1. The number of allylic oxidation sites excluding steroid dienone is 1. The van der Waals surface area contributed by atoms with E-state index in [1.165, 1.54) is 51.4 Å². The molecule has 0 nitrogen and oxygen atoms in total. The molecule has 2 aliphatic rings. The van der Waals surface area contributed by atoms with Crippen LogP contribution in [0.5, 0.6) is 0 Å². The third-order valence-electron chi connectivity index (χ3n) is 5.61. The van der Waals surface area contributed by atoms with Crippen LogP contribution in [0.3, 0.4) is 0 Å². The van der Waals surface area contributed by atoms with E-state index in [0.29, 0.717) is 3.17 Å². The third kappa shape index (κ3) is 2.87. The van der Waals surface area contributed by atoms with Crippen molar-refractivity contribution in [3.05, 3.63) is 40.5 Å². The minimum atomic E-state index is -1.54. The molecular weight excluding hydrogens is 419 g/mol. The molecule has 0 heterocycles. The molecule has 0 radical (unpaired) electrons. The quantitative estimate of drug-likeness (QED) is 0.366. The average Bonchev–Trinajstić information content (AvgIpc) is 3.06. The summed E-state index contributed by atoms with van der Waals surface area (Å²) in [5.41, 5.74) is 6.60. The SMILES string of the molecule is CCCCCC[C]1([Hf]([CH3])[CH3])C=Cc2cc3c(cc21)CCC3. The van der Waals surface area contributed by atoms with Crippen LogP contribution in [0.2, 0.25) is 9.36 Å². The summed E-state index contributed by atoms with van der Waals surface area (Å²) >= 11 is -1.54. The molecule has 0 aromatic heterocycles. The predicted octanol–water partition coefficient (Wildman–Crippen LogP) is 6.08. The number of rotatable bonds is 6. The van der Waals surface area contributed by atoms with Crippen molar-refractivity contribution in [3.63, 3.8) is 0 Å². The Balaban J connectivity index is 1.89. The zero-order valence-corrected chi connectivity index (χ0v) is 17.6. The van der Waals surface area contributed by atoms with Gasteiger partial charge in [-0.15, -0.1) is 0 Å². The van der Waals surface area contributed by atoms with Crippen LogP contribution in [0.1, 0.15) is 67.7 Å². The molecule has 1 aromatic rings. The predicted molar refractivity (Wildman–Crippen MR) is 89.7 cm³/mol. The van der Waals surface area contributed by atoms with Gasteiger partial charge in [-0.3, -0.25) is 0 Å². The molecule has 0 saturated heterocycles. The van der Waals surface area contributed by atoms with E-state index >= 15 is 0 Å². The molecule has 0 saturated carbocycles. The molecular formula is C20H29Hf. The monoisotopic (exact) mass is 449 g/mol. The Morgan fingerprint density at radius 3 is 2.52 bits per heavy atom. The summed E-state index contributed by atoms with van der Waals surface area (Å²) < 4.78 is 5.76. The van der Waals surface area contributed by atoms with Crippen molar-refractivity contribution in [2.24, 2.45) is 0 Å². The first-order valence-electron chi connectivity index (χ1n) is 8.83. The van der Waals surface area contributed by atoms with Crippen molar-refractivity contribution in [2.45, 2.75) is 70.8 Å². The molecule has 0 bridgehead atoms. The second kappa shape index (κ2) is 6.52. The molecule has 0 N–H and O–H groups in total. The first kappa shape index (κ1) is 15.7. The van der Waals surface area contributed by atoms with Crippen LogP contribution in [0.25, 0.3) is 6.08 Å². The fourth-order valence-electron chi connectivity index (χ4n) is 4.22. The summed E-state index contributed by atoms with van der Waals surface area (Å²) in [6, 6.07) is 5.14. The van der Waals surface area contributed by atoms with Gasteiger partial charge >= 0.3 is 139 Å². The van der Waals surface area contributed by atoms with Crippen LogP contribution >= 0.6 is 0 Å². The molecule has 0 amide bonds. The fourth-order valence-corrected chi connectivity index (χ4v) is 10.9. The summed E-state index contributed by atoms with van der Waals surface area (Å²) in [7, 11) is 0. The normalized spacial score (nSPS) is 22.4. The van der Waals surface area contributed by atoms with E-state index in [9.17, 15) is 0 Å². The standard InChI is InChI=1S/C18H23.2CH3.Hf/c1-2-3-4-5-7-14-10-11-17-12-15-8-6-9-16(15)13-18(14)17;;;/h10-13H,2-9H2,1H3;2*1H3;. The second-order valence-corrected chi connectivity index (χ2v) is 17.6. The van der Waals surface area contributed by atoms with Crippen LogP contribution in [0.4, 0.5) is 0 Å². The Labute approximate surface area is 138 Å². The van der Waals surface area contributed by atoms with Crippen molar-refractivity contribution < 1.29 is 21.4 Å². The number of aryl methyl sites for hydroxylation is 2. The second-order valence-electron chi connectivity index (χ2n) is 7.18. The molecule has 1 aromatic carbocycles. The topological polar surface area (TPSA) is 0 Å². The van der Waals surface area contributed by atoms with Gasteiger partial charge in [0.15, 0.2) is 0 Å². The van der Waals surface area contributed by atoms with Crippen molar-refractivity contribution in [1.82, 2.24) is 0 Å². The van der Waals surface area contributed by atoms with E-state index in [4.69, 9.17) is 0 Å². The summed E-state index contributed by atoms with van der Waals surface area (Å²) in [4.78, 5) is 0. The van der Waals surface area contributed by atoms with Gasteiger partial charge in [0, 0.05) is 0 Å². The van der Waals surface area contributed by atoms with Gasteiger partial charge in [0.05, 0.1) is 0 Å². The first-order chi connectivity index (χ1) is 10.2. The number of benzene rings is 1. The van der Waals surface area contributed by atoms with Gasteiger partial charge in [-0.05, 0) is 0 Å². The van der Waals surface area contributed by atoms with E-state index in [-0.39, 0.29) is 0 Å². The third-order valence-corrected chi connectivity index (χ3v) is 14.5. The van der Waals surface area contributed by atoms with Gasteiger partial charge in [-0.2, -0.15) is 0 Å². The zero-order valence-electron chi connectivity index (χ0n) is 14.0. The van der Waals surface area contributed by atoms with E-state index in [1.807, 2.05) is 0 Å². The van der Waals surface area contributed by atoms with Crippen LogP contribution in [0, 0.1) is 0 Å². The van der Waals surface area contributed by atoms with Crippen LogP contribution in [-0.2, 0) is 37.5 Å². The Kier molecular flexibility index (Phi) is 4.88. The van der Waals surface area contributed by atoms with E-state index < -0.39 is 21.4 Å². The first-order valence-corrected chi connectivity index (χ1v) is 17.8. The summed E-state index contributed by atoms with van der Waals surface area (Å²) in [6.45, 7) is 2.31. The molecule has 0 fully saturated rings. The average molecular weight is 448 g/mol. The van der Waals surface area contributed by atoms with Gasteiger partial charge in [0.25, 0.3) is 0 Å². The molecule has 0 spiro atoms. The maximum atomic E-state index is 2.63. The molecule has 0 aliphatic heterocycles. The molecule has 1 heteroatoms. The Hall–Kier alpha value is -0.170. The summed E-state index contributed by atoms with van der Waals surface area (Å²) in [5.74, 6) is 0. The van der Waals surface area contributed by atoms with E-state index in [2.05, 4.69) is 40.6 Å². The van der Waals surface area contributed by atoms with Gasteiger partial charge in [0.1, 0.15) is 0 Å². The Morgan fingerprint density at radius 2 is 1.81 bits per heavy atom. The Bertz CT molecular complexity index is 541. The zero-order chi connectivity index (χ0) is 14.9. The minimum absolute atomic E-state index is 0.519. The van der Waals surface area contributed by atoms with Gasteiger partial charge < -0.3 is 0 Å². The van der Waals surface area contributed by atoms with Crippen molar-refractivity contribution in [2.75, 3.05) is 0 Å². The van der Waals surface area contributed by atoms with Crippen LogP contribution in [-0.4, -0.2) is 0 Å². The molecule has 1 unspecified atom stereocenters. The van der Waals surface area contributed by atoms with Gasteiger partial charge in [-0.1, -0.05) is 0 Å². The van der Waals surface area contributed by atoms with Crippen LogP contribution in [0.15, 0.2) is 18.2 Å². The van der Waals surface area contributed by atoms with Crippen molar-refractivity contribution >= 4 is 6.08 Å². The van der Waals surface area contributed by atoms with Crippen LogP contribution < -0.4 is 0 Å².